The minimum absolute atomic E-state index is 0. The first kappa shape index (κ1) is 20.1. The standard InChI is InChI=1S/C6H13NOS.CH3NOS.Ca/c1-3-4-5(2)7-6(8)9;2-1(3)4;/h5H,3-4H2,1-2H3,(H2,7,8,9);(H3,2,3,4);/q;;+2/p-2. The first-order chi connectivity index (χ1) is 5.90. The molecule has 0 heterocycles. The average Bonchev–Trinajstić information content (AvgIpc) is 1.83. The summed E-state index contributed by atoms with van der Waals surface area (Å²) in [5, 5.41) is 1.52. The Balaban J connectivity index is -0.000000209. The molecule has 0 saturated heterocycles. The summed E-state index contributed by atoms with van der Waals surface area (Å²) in [5.74, 6) is 0. The Morgan fingerprint density at radius 1 is 1.43 bits per heavy atom. The van der Waals surface area contributed by atoms with Crippen molar-refractivity contribution in [2.45, 2.75) is 32.7 Å². The van der Waals surface area contributed by atoms with Crippen LogP contribution in [0.1, 0.15) is 26.7 Å². The molecule has 0 aliphatic carbocycles. The Labute approximate surface area is 126 Å². The monoisotopic (exact) mass is 262 g/mol. The molecule has 4 nitrogen and oxygen atoms in total. The fourth-order valence-electron chi connectivity index (χ4n) is 0.706. The van der Waals surface area contributed by atoms with E-state index in [2.05, 4.69) is 43.2 Å². The van der Waals surface area contributed by atoms with E-state index < -0.39 is 5.24 Å². The van der Waals surface area contributed by atoms with Crippen LogP contribution in [0.4, 0.5) is 9.59 Å². The summed E-state index contributed by atoms with van der Waals surface area (Å²) in [4.78, 5) is 19.3. The summed E-state index contributed by atoms with van der Waals surface area (Å²) in [6.07, 6.45) is 2.08. The first-order valence-electron chi connectivity index (χ1n) is 3.84. The SMILES string of the molecule is CCCC(C)NC(=O)[S-].NC(=O)[S-].[Ca+2]. The molecule has 0 aromatic heterocycles. The van der Waals surface area contributed by atoms with Gasteiger partial charge in [0.25, 0.3) is 0 Å². The summed E-state index contributed by atoms with van der Waals surface area (Å²) in [7, 11) is 0. The molecule has 3 N–H and O–H groups in total. The molecule has 0 saturated carbocycles. The van der Waals surface area contributed by atoms with Crippen LogP contribution >= 0.6 is 0 Å². The molecule has 0 aromatic rings. The van der Waals surface area contributed by atoms with Gasteiger partial charge in [-0.3, -0.25) is 0 Å². The number of hydrogen-bond donors (Lipinski definition) is 2. The smallest absolute Gasteiger partial charge is 0.719 e. The number of primary amides is 1. The van der Waals surface area contributed by atoms with Gasteiger partial charge in [-0.05, 0) is 13.3 Å². The van der Waals surface area contributed by atoms with Crippen molar-refractivity contribution in [3.05, 3.63) is 0 Å². The van der Waals surface area contributed by atoms with Crippen molar-refractivity contribution in [2.75, 3.05) is 0 Å². The van der Waals surface area contributed by atoms with Crippen molar-refractivity contribution in [1.29, 1.82) is 0 Å². The van der Waals surface area contributed by atoms with Crippen molar-refractivity contribution >= 4 is 73.5 Å². The van der Waals surface area contributed by atoms with Crippen LogP contribution in [0.3, 0.4) is 0 Å². The maximum absolute atomic E-state index is 10.2. The van der Waals surface area contributed by atoms with Gasteiger partial charge in [-0.25, -0.2) is 0 Å². The number of hydrogen-bond acceptors (Lipinski definition) is 4. The van der Waals surface area contributed by atoms with Crippen molar-refractivity contribution in [2.24, 2.45) is 5.73 Å². The number of rotatable bonds is 3. The second kappa shape index (κ2) is 13.6. The molecule has 0 fully saturated rings. The van der Waals surface area contributed by atoms with Crippen LogP contribution in [0.5, 0.6) is 0 Å². The van der Waals surface area contributed by atoms with E-state index in [9.17, 15) is 4.79 Å². The number of nitrogens with two attached hydrogens (primary N) is 1. The van der Waals surface area contributed by atoms with Crippen molar-refractivity contribution in [1.82, 2.24) is 5.32 Å². The van der Waals surface area contributed by atoms with Gasteiger partial charge in [-0.2, -0.15) is 0 Å². The van der Waals surface area contributed by atoms with Crippen molar-refractivity contribution in [3.63, 3.8) is 0 Å². The van der Waals surface area contributed by atoms with Gasteiger partial charge in [-0.1, -0.05) is 13.3 Å². The van der Waals surface area contributed by atoms with Crippen LogP contribution in [-0.2, 0) is 25.3 Å². The van der Waals surface area contributed by atoms with Gasteiger partial charge in [0.15, 0.2) is 0 Å². The zero-order chi connectivity index (χ0) is 10.9. The average molecular weight is 262 g/mol. The Hall–Kier alpha value is 0.640. The minimum atomic E-state index is -0.750. The summed E-state index contributed by atoms with van der Waals surface area (Å²) in [5.41, 5.74) is 4.29. The minimum Gasteiger partial charge on any atom is -0.719 e. The van der Waals surface area contributed by atoms with Crippen LogP contribution in [0, 0.1) is 0 Å². The normalized spacial score (nSPS) is 9.86. The van der Waals surface area contributed by atoms with E-state index in [-0.39, 0.29) is 49.0 Å². The largest absolute Gasteiger partial charge is 2.00 e. The second-order valence-corrected chi connectivity index (χ2v) is 3.21. The zero-order valence-electron chi connectivity index (χ0n) is 8.41. The van der Waals surface area contributed by atoms with Gasteiger partial charge in [-0.15, -0.1) is 0 Å². The second-order valence-electron chi connectivity index (χ2n) is 2.44. The van der Waals surface area contributed by atoms with Gasteiger partial charge >= 0.3 is 37.7 Å². The molecular formula is C7H14CaN2O2S2. The van der Waals surface area contributed by atoms with Crippen LogP contribution < -0.4 is 11.1 Å². The Bertz CT molecular complexity index is 166. The molecule has 1 atom stereocenters. The molecule has 7 heteroatoms. The molecule has 0 aromatic carbocycles. The van der Waals surface area contributed by atoms with E-state index in [1.165, 1.54) is 0 Å². The molecule has 1 unspecified atom stereocenters. The first-order valence-corrected chi connectivity index (χ1v) is 4.65. The van der Waals surface area contributed by atoms with Gasteiger partial charge in [0.1, 0.15) is 0 Å². The predicted octanol–water partition coefficient (Wildman–Crippen LogP) is 0.663. The van der Waals surface area contributed by atoms with E-state index in [0.29, 0.717) is 0 Å². The summed E-state index contributed by atoms with van der Waals surface area (Å²) in [6.45, 7) is 4.03. The van der Waals surface area contributed by atoms with Gasteiger partial charge in [0, 0.05) is 6.04 Å². The Morgan fingerprint density at radius 2 is 1.79 bits per heavy atom. The molecule has 0 rings (SSSR count). The van der Waals surface area contributed by atoms with Gasteiger partial charge in [0.2, 0.25) is 0 Å². The Morgan fingerprint density at radius 3 is 2.00 bits per heavy atom. The number of amides is 2. The van der Waals surface area contributed by atoms with Crippen LogP contribution in [0.15, 0.2) is 0 Å². The van der Waals surface area contributed by atoms with Crippen LogP contribution in [0.25, 0.3) is 0 Å². The quantitative estimate of drug-likeness (QED) is 0.579. The van der Waals surface area contributed by atoms with Crippen LogP contribution in [-0.4, -0.2) is 54.3 Å². The van der Waals surface area contributed by atoms with E-state index in [1.807, 2.05) is 6.92 Å². The van der Waals surface area contributed by atoms with Gasteiger partial charge < -0.3 is 45.9 Å². The predicted molar refractivity (Wildman–Crippen MR) is 63.0 cm³/mol. The molecule has 0 aliphatic rings. The van der Waals surface area contributed by atoms with E-state index in [4.69, 9.17) is 4.79 Å². The third-order valence-electron chi connectivity index (χ3n) is 1.09. The Kier molecular flexibility index (Phi) is 19.6. The molecule has 0 aliphatic heterocycles. The van der Waals surface area contributed by atoms with E-state index in [1.54, 1.807) is 0 Å². The fraction of sp³-hybridized carbons (Fsp3) is 0.714. The molecule has 14 heavy (non-hydrogen) atoms. The summed E-state index contributed by atoms with van der Waals surface area (Å²) in [6, 6.07) is 0.236. The molecule has 0 bridgehead atoms. The zero-order valence-corrected chi connectivity index (χ0v) is 12.3. The molecule has 0 radical (unpaired) electrons. The van der Waals surface area contributed by atoms with Crippen molar-refractivity contribution in [3.8, 4) is 0 Å². The fourth-order valence-corrected chi connectivity index (χ4v) is 0.908. The topological polar surface area (TPSA) is 72.2 Å². The third kappa shape index (κ3) is 29.3. The van der Waals surface area contributed by atoms with Gasteiger partial charge in [0.05, 0.1) is 10.5 Å². The maximum Gasteiger partial charge on any atom is 2.00 e. The summed E-state index contributed by atoms with van der Waals surface area (Å²) >= 11 is 8.08. The maximum atomic E-state index is 10.2. The van der Waals surface area contributed by atoms with Crippen LogP contribution in [0.2, 0.25) is 0 Å². The number of carbonyl (C=O) groups excluding carboxylic acids is 2. The van der Waals surface area contributed by atoms with Crippen molar-refractivity contribution < 1.29 is 9.59 Å². The third-order valence-corrected chi connectivity index (χ3v) is 1.20. The number of nitrogens with one attached hydrogen (secondary N) is 1. The van der Waals surface area contributed by atoms with E-state index >= 15 is 0 Å². The molecule has 78 valence electrons. The molecule has 2 amide bonds. The molecular weight excluding hydrogens is 248 g/mol. The number of carbonyl (C=O) groups is 2. The summed E-state index contributed by atoms with van der Waals surface area (Å²) < 4.78 is 0. The van der Waals surface area contributed by atoms with E-state index in [0.717, 1.165) is 12.8 Å². The molecule has 0 spiro atoms.